The van der Waals surface area contributed by atoms with E-state index in [9.17, 15) is 20.4 Å². The predicted octanol–water partition coefficient (Wildman–Crippen LogP) is 5.91. The zero-order valence-corrected chi connectivity index (χ0v) is 23.8. The van der Waals surface area contributed by atoms with Gasteiger partial charge in [0.05, 0.1) is 0 Å². The average molecular weight is 577 g/mol. The van der Waals surface area contributed by atoms with Crippen molar-refractivity contribution in [2.45, 2.75) is 6.42 Å². The van der Waals surface area contributed by atoms with Gasteiger partial charge in [0.1, 0.15) is 23.0 Å². The molecule has 4 aromatic rings. The maximum atomic E-state index is 10.1. The Bertz CT molecular complexity index is 1350. The van der Waals surface area contributed by atoms with Crippen LogP contribution in [-0.4, -0.2) is 71.5 Å². The lowest BCUT2D eigenvalue weighted by Gasteiger charge is -2.19. The molecule has 0 unspecified atom stereocenters. The topological polar surface area (TPSA) is 130 Å². The van der Waals surface area contributed by atoms with Crippen LogP contribution in [0.25, 0.3) is 0 Å². The van der Waals surface area contributed by atoms with Crippen molar-refractivity contribution < 1.29 is 20.4 Å². The number of rotatable bonds is 14. The van der Waals surface area contributed by atoms with Crippen molar-refractivity contribution in [3.05, 3.63) is 119 Å². The lowest BCUT2D eigenvalue weighted by atomic mass is 9.94. The molecule has 8 heteroatoms. The summed E-state index contributed by atoms with van der Waals surface area (Å²) in [4.78, 5) is 18.5. The Morgan fingerprint density at radius 1 is 0.395 bits per heavy atom. The van der Waals surface area contributed by atoms with E-state index in [4.69, 9.17) is 0 Å². The monoisotopic (exact) mass is 576 g/mol. The van der Waals surface area contributed by atoms with Crippen molar-refractivity contribution in [2.24, 2.45) is 31.8 Å². The number of hydrogen-bond acceptors (Lipinski definition) is 8. The third kappa shape index (κ3) is 9.97. The minimum atomic E-state index is 0.00914. The van der Waals surface area contributed by atoms with Crippen LogP contribution in [0.4, 0.5) is 0 Å². The molecule has 0 aliphatic carbocycles. The van der Waals surface area contributed by atoms with Crippen LogP contribution in [0, 0.1) is 11.8 Å². The van der Waals surface area contributed by atoms with E-state index in [-0.39, 0.29) is 34.8 Å². The molecule has 0 spiro atoms. The number of phenols is 4. The van der Waals surface area contributed by atoms with Gasteiger partial charge in [0.25, 0.3) is 0 Å². The van der Waals surface area contributed by atoms with Gasteiger partial charge in [0.15, 0.2) is 0 Å². The Morgan fingerprint density at radius 2 is 0.628 bits per heavy atom. The van der Waals surface area contributed by atoms with E-state index in [2.05, 4.69) is 20.0 Å². The van der Waals surface area contributed by atoms with E-state index in [1.807, 2.05) is 24.3 Å². The van der Waals surface area contributed by atoms with Crippen LogP contribution in [0.2, 0.25) is 0 Å². The third-order valence-corrected chi connectivity index (χ3v) is 6.79. The summed E-state index contributed by atoms with van der Waals surface area (Å²) < 4.78 is 0. The van der Waals surface area contributed by atoms with E-state index in [0.29, 0.717) is 54.9 Å². The van der Waals surface area contributed by atoms with Gasteiger partial charge in [0, 0.05) is 73.3 Å². The van der Waals surface area contributed by atoms with E-state index >= 15 is 0 Å². The molecule has 8 nitrogen and oxygen atoms in total. The molecule has 0 aliphatic rings. The van der Waals surface area contributed by atoms with Crippen LogP contribution in [0.1, 0.15) is 28.7 Å². The predicted molar refractivity (Wildman–Crippen MR) is 174 cm³/mol. The second kappa shape index (κ2) is 16.3. The highest BCUT2D eigenvalue weighted by atomic mass is 16.3. The first-order chi connectivity index (χ1) is 21.0. The largest absolute Gasteiger partial charge is 0.507 e. The van der Waals surface area contributed by atoms with Gasteiger partial charge in [-0.2, -0.15) is 0 Å². The highest BCUT2D eigenvalue weighted by Crippen LogP contribution is 2.20. The van der Waals surface area contributed by atoms with Gasteiger partial charge >= 0.3 is 0 Å². The molecule has 0 atom stereocenters. The maximum absolute atomic E-state index is 10.1. The highest BCUT2D eigenvalue weighted by Gasteiger charge is 2.16. The van der Waals surface area contributed by atoms with E-state index in [1.165, 1.54) is 0 Å². The number of benzene rings is 4. The smallest absolute Gasteiger partial charge is 0.124 e. The fourth-order valence-corrected chi connectivity index (χ4v) is 4.47. The summed E-state index contributed by atoms with van der Waals surface area (Å²) >= 11 is 0. The Kier molecular flexibility index (Phi) is 11.6. The second-order valence-electron chi connectivity index (χ2n) is 10.2. The van der Waals surface area contributed by atoms with Crippen LogP contribution in [0.3, 0.4) is 0 Å². The van der Waals surface area contributed by atoms with Crippen LogP contribution in [0.5, 0.6) is 23.0 Å². The van der Waals surface area contributed by atoms with Gasteiger partial charge in [-0.15, -0.1) is 0 Å². The normalized spacial score (nSPS) is 13.4. The lowest BCUT2D eigenvalue weighted by Crippen LogP contribution is -2.19. The maximum Gasteiger partial charge on any atom is 0.124 e. The zero-order chi connectivity index (χ0) is 30.3. The van der Waals surface area contributed by atoms with Crippen molar-refractivity contribution in [3.8, 4) is 23.0 Å². The summed E-state index contributed by atoms with van der Waals surface area (Å²) in [6, 6.07) is 28.1. The Hall–Kier alpha value is -5.24. The first-order valence-electron chi connectivity index (χ1n) is 14.1. The molecule has 0 aromatic heterocycles. The van der Waals surface area contributed by atoms with Crippen LogP contribution in [-0.2, 0) is 0 Å². The Labute approximate surface area is 251 Å². The summed E-state index contributed by atoms with van der Waals surface area (Å²) in [5, 5.41) is 40.5. The molecule has 4 rings (SSSR count). The Balaban J connectivity index is 1.53. The molecular formula is C35H36N4O4. The number of nitrogens with zero attached hydrogens (tertiary/aromatic N) is 4. The fraction of sp³-hybridized carbons (Fsp3) is 0.200. The molecule has 0 bridgehead atoms. The lowest BCUT2D eigenvalue weighted by molar-refractivity contribution is 0.396. The highest BCUT2D eigenvalue weighted by molar-refractivity contribution is 5.84. The minimum Gasteiger partial charge on any atom is -0.507 e. The van der Waals surface area contributed by atoms with Crippen LogP contribution < -0.4 is 0 Å². The zero-order valence-electron chi connectivity index (χ0n) is 23.8. The molecule has 4 aromatic carbocycles. The Morgan fingerprint density at radius 3 is 0.860 bits per heavy atom. The van der Waals surface area contributed by atoms with Crippen molar-refractivity contribution in [3.63, 3.8) is 0 Å². The van der Waals surface area contributed by atoms with Crippen molar-refractivity contribution in [1.82, 2.24) is 0 Å². The molecule has 0 saturated carbocycles. The van der Waals surface area contributed by atoms with Gasteiger partial charge in [-0.25, -0.2) is 0 Å². The molecular weight excluding hydrogens is 540 g/mol. The van der Waals surface area contributed by atoms with E-state index in [0.717, 1.165) is 0 Å². The summed E-state index contributed by atoms with van der Waals surface area (Å²) in [6.45, 7) is 1.81. The summed E-state index contributed by atoms with van der Waals surface area (Å²) in [7, 11) is 0. The van der Waals surface area contributed by atoms with Gasteiger partial charge < -0.3 is 20.4 Å². The van der Waals surface area contributed by atoms with Crippen molar-refractivity contribution in [2.75, 3.05) is 26.2 Å². The second-order valence-corrected chi connectivity index (χ2v) is 10.2. The number of aliphatic imine (C=N–C) groups is 4. The number of aromatic hydroxyl groups is 4. The number of para-hydroxylation sites is 4. The quantitative estimate of drug-likeness (QED) is 0.139. The third-order valence-electron chi connectivity index (χ3n) is 6.79. The van der Waals surface area contributed by atoms with Crippen molar-refractivity contribution in [1.29, 1.82) is 0 Å². The first-order valence-corrected chi connectivity index (χ1v) is 14.1. The SMILES string of the molecule is Oc1ccccc1C=NCC(CN=Cc1ccccc1O)CC(CN=Cc1ccccc1O)CN=Cc1ccccc1O. The molecule has 43 heavy (non-hydrogen) atoms. The van der Waals surface area contributed by atoms with Crippen molar-refractivity contribution >= 4 is 24.9 Å². The molecule has 0 amide bonds. The standard InChI is InChI=1S/C35H36N4O4/c40-32-13-5-1-9-28(32)22-36-18-26(19-37-23-29-10-2-6-14-33(29)41)17-27(20-38-24-30-11-3-7-15-34(30)42)21-39-25-31-12-4-8-16-35(31)43/h1-16,22-27,40-43H,17-21H2. The van der Waals surface area contributed by atoms with Gasteiger partial charge in [-0.3, -0.25) is 20.0 Å². The van der Waals surface area contributed by atoms with Crippen LogP contribution >= 0.6 is 0 Å². The summed E-state index contributed by atoms with van der Waals surface area (Å²) in [6.07, 6.45) is 7.34. The molecule has 0 aliphatic heterocycles. The number of hydrogen-bond donors (Lipinski definition) is 4. The minimum absolute atomic E-state index is 0.00914. The van der Waals surface area contributed by atoms with Gasteiger partial charge in [0.2, 0.25) is 0 Å². The van der Waals surface area contributed by atoms with Gasteiger partial charge in [-0.05, 0) is 66.8 Å². The van der Waals surface area contributed by atoms with Crippen LogP contribution in [0.15, 0.2) is 117 Å². The van der Waals surface area contributed by atoms with Gasteiger partial charge in [-0.1, -0.05) is 48.5 Å². The molecule has 0 radical (unpaired) electrons. The molecule has 0 heterocycles. The summed E-state index contributed by atoms with van der Waals surface area (Å²) in [5.41, 5.74) is 2.54. The fourth-order valence-electron chi connectivity index (χ4n) is 4.47. The molecule has 4 N–H and O–H groups in total. The molecule has 0 fully saturated rings. The molecule has 220 valence electrons. The number of phenolic OH excluding ortho intramolecular Hbond substituents is 4. The van der Waals surface area contributed by atoms with E-state index in [1.54, 1.807) is 97.7 Å². The van der Waals surface area contributed by atoms with E-state index < -0.39 is 0 Å². The summed E-state index contributed by atoms with van der Waals surface area (Å²) in [5.74, 6) is 0.667. The average Bonchev–Trinajstić information content (AvgIpc) is 3.00. The first kappa shape index (κ1) is 30.7. The molecule has 0 saturated heterocycles.